The molecule has 0 amide bonds. The average molecular weight is 240 g/mol. The molecule has 0 fully saturated rings. The van der Waals surface area contributed by atoms with E-state index in [1.807, 2.05) is 18.2 Å². The molecule has 0 saturated heterocycles. The topological polar surface area (TPSA) is 12.4 Å². The molecule has 1 nitrogen and oxygen atoms in total. The molecule has 2 heteroatoms. The van der Waals surface area contributed by atoms with E-state index in [0.29, 0.717) is 0 Å². The maximum absolute atomic E-state index is 4.61. The zero-order chi connectivity index (χ0) is 9.38. The molecule has 0 bridgehead atoms. The van der Waals surface area contributed by atoms with E-state index in [2.05, 4.69) is 35.3 Å². The van der Waals surface area contributed by atoms with Crippen molar-refractivity contribution in [2.45, 2.75) is 0 Å². The first-order valence-corrected chi connectivity index (χ1v) is 6.34. The molecule has 0 unspecified atom stereocenters. The second kappa shape index (κ2) is 3.18. The molecule has 1 aliphatic heterocycles. The average Bonchev–Trinajstić information content (AvgIpc) is 2.26. The van der Waals surface area contributed by atoms with Crippen LogP contribution in [0.3, 0.4) is 0 Å². The van der Waals surface area contributed by atoms with Crippen LogP contribution in [-0.4, -0.2) is 15.3 Å². The number of nitrogens with zero attached hydrogens (tertiary/aromatic N) is 1. The van der Waals surface area contributed by atoms with Crippen molar-refractivity contribution in [1.29, 1.82) is 0 Å². The van der Waals surface area contributed by atoms with Gasteiger partial charge in [-0.1, -0.05) is 0 Å². The summed E-state index contributed by atoms with van der Waals surface area (Å²) in [5.41, 5.74) is 1.13. The van der Waals surface area contributed by atoms with Crippen LogP contribution in [0.1, 0.15) is 0 Å². The summed E-state index contributed by atoms with van der Waals surface area (Å²) in [6.45, 7) is 0. The number of para-hydroxylation sites is 1. The van der Waals surface area contributed by atoms with E-state index in [1.54, 1.807) is 0 Å². The van der Waals surface area contributed by atoms with Crippen molar-refractivity contribution < 1.29 is 0 Å². The van der Waals surface area contributed by atoms with Gasteiger partial charge in [-0.3, -0.25) is 0 Å². The van der Waals surface area contributed by atoms with E-state index in [1.165, 1.54) is 8.30 Å². The van der Waals surface area contributed by atoms with E-state index in [0.717, 1.165) is 11.0 Å². The van der Waals surface area contributed by atoms with Gasteiger partial charge < -0.3 is 0 Å². The monoisotopic (exact) mass is 240 g/mol. The summed E-state index contributed by atoms with van der Waals surface area (Å²) in [5.74, 6) is 0. The Bertz CT molecular complexity index is 548. The number of hydrogen-bond donors (Lipinski definition) is 0. The Morgan fingerprint density at radius 3 is 3.07 bits per heavy atom. The molecule has 3 rings (SSSR count). The molecule has 65 valence electrons. The third kappa shape index (κ3) is 1.25. The van der Waals surface area contributed by atoms with Gasteiger partial charge in [0.2, 0.25) is 0 Å². The number of benzene rings is 2. The fraction of sp³-hybridized carbons (Fsp3) is 0. The third-order valence-electron chi connectivity index (χ3n) is 2.18. The van der Waals surface area contributed by atoms with E-state index >= 15 is 0 Å². The molecule has 2 aromatic carbocycles. The number of rotatable bonds is 0. The van der Waals surface area contributed by atoms with Crippen LogP contribution >= 0.6 is 0 Å². The first-order chi connectivity index (χ1) is 6.93. The van der Waals surface area contributed by atoms with Crippen molar-refractivity contribution >= 4 is 25.3 Å². The van der Waals surface area contributed by atoms with E-state index < -0.39 is 0 Å². The minimum absolute atomic E-state index is 0.102. The fourth-order valence-corrected chi connectivity index (χ4v) is 3.69. The Kier molecular flexibility index (Phi) is 1.85. The van der Waals surface area contributed by atoms with Crippen molar-refractivity contribution in [3.8, 4) is 0 Å². The van der Waals surface area contributed by atoms with Gasteiger partial charge in [-0.05, 0) is 0 Å². The molecule has 1 radical (unpaired) electrons. The maximum atomic E-state index is 4.61. The van der Waals surface area contributed by atoms with Crippen LogP contribution in [0.25, 0.3) is 0 Å². The Balaban J connectivity index is 2.42. The Morgan fingerprint density at radius 1 is 1.14 bits per heavy atom. The zero-order valence-electron chi connectivity index (χ0n) is 7.44. The Labute approximate surface area is 88.3 Å². The van der Waals surface area contributed by atoms with Gasteiger partial charge in [0.15, 0.2) is 0 Å². The normalized spacial score (nSPS) is 13.1. The van der Waals surface area contributed by atoms with Crippen LogP contribution in [-0.2, 0) is 0 Å². The zero-order valence-corrected chi connectivity index (χ0v) is 9.31. The van der Waals surface area contributed by atoms with Gasteiger partial charge in [-0.2, -0.15) is 0 Å². The van der Waals surface area contributed by atoms with Crippen molar-refractivity contribution in [1.82, 2.24) is 0 Å². The molecule has 2 aromatic rings. The van der Waals surface area contributed by atoms with Gasteiger partial charge in [-0.15, -0.1) is 0 Å². The predicted octanol–water partition coefficient (Wildman–Crippen LogP) is 1.03. The van der Waals surface area contributed by atoms with Gasteiger partial charge in [-0.25, -0.2) is 0 Å². The standard InChI is InChI=1S/C12H7AsN/c1-3-7-11-9(5-1)13-10-6-2-4-8-12(10)14-11/h1,3-8H. The molecule has 0 aromatic heterocycles. The first-order valence-electron chi connectivity index (χ1n) is 4.46. The van der Waals surface area contributed by atoms with Gasteiger partial charge >= 0.3 is 88.2 Å². The molecule has 1 heterocycles. The fourth-order valence-electron chi connectivity index (χ4n) is 1.51. The van der Waals surface area contributed by atoms with Gasteiger partial charge in [0, 0.05) is 0 Å². The third-order valence-corrected chi connectivity index (χ3v) is 4.74. The SMILES string of the molecule is [c]1ccc2c(c1)[As]=c1ccccc1=N2. The second-order valence-electron chi connectivity index (χ2n) is 3.13. The molecular formula is C12H7AsN. The molecule has 0 atom stereocenters. The second-order valence-corrected chi connectivity index (χ2v) is 5.62. The summed E-state index contributed by atoms with van der Waals surface area (Å²) in [5, 5.41) is 1.14. The molecule has 14 heavy (non-hydrogen) atoms. The quantitative estimate of drug-likeness (QED) is 0.520. The van der Waals surface area contributed by atoms with Gasteiger partial charge in [0.1, 0.15) is 0 Å². The van der Waals surface area contributed by atoms with Crippen LogP contribution in [0.4, 0.5) is 5.69 Å². The molecular weight excluding hydrogens is 233 g/mol. The van der Waals surface area contributed by atoms with Gasteiger partial charge in [0.25, 0.3) is 0 Å². The molecule has 1 aliphatic rings. The van der Waals surface area contributed by atoms with Crippen LogP contribution in [0.2, 0.25) is 0 Å². The first kappa shape index (κ1) is 8.14. The van der Waals surface area contributed by atoms with Crippen LogP contribution in [0.15, 0.2) is 47.5 Å². The van der Waals surface area contributed by atoms with Gasteiger partial charge in [0.05, 0.1) is 0 Å². The Hall–Kier alpha value is -1.20. The molecule has 0 aliphatic carbocycles. The summed E-state index contributed by atoms with van der Waals surface area (Å²) in [4.78, 5) is 4.61. The molecule has 0 N–H and O–H groups in total. The van der Waals surface area contributed by atoms with E-state index in [9.17, 15) is 0 Å². The summed E-state index contributed by atoms with van der Waals surface area (Å²) in [6, 6.07) is 17.5. The van der Waals surface area contributed by atoms with Crippen molar-refractivity contribution in [2.24, 2.45) is 4.99 Å². The van der Waals surface area contributed by atoms with E-state index in [-0.39, 0.29) is 15.3 Å². The van der Waals surface area contributed by atoms with Crippen LogP contribution in [0, 0.1) is 10.0 Å². The molecule has 0 saturated carbocycles. The summed E-state index contributed by atoms with van der Waals surface area (Å²) in [7, 11) is 0. The van der Waals surface area contributed by atoms with Crippen molar-refractivity contribution in [2.75, 3.05) is 0 Å². The Morgan fingerprint density at radius 2 is 2.07 bits per heavy atom. The van der Waals surface area contributed by atoms with Crippen LogP contribution in [0.5, 0.6) is 0 Å². The summed E-state index contributed by atoms with van der Waals surface area (Å²) < 4.78 is 2.76. The number of fused-ring (bicyclic) bond motifs is 2. The molecule has 0 spiro atoms. The minimum atomic E-state index is 0.102. The summed E-state index contributed by atoms with van der Waals surface area (Å²) in [6.07, 6.45) is 0. The van der Waals surface area contributed by atoms with E-state index in [4.69, 9.17) is 0 Å². The van der Waals surface area contributed by atoms with Crippen molar-refractivity contribution in [3.63, 3.8) is 0 Å². The summed E-state index contributed by atoms with van der Waals surface area (Å²) >= 11 is 0.102. The van der Waals surface area contributed by atoms with Crippen molar-refractivity contribution in [3.05, 3.63) is 57.8 Å². The number of hydrogen-bond acceptors (Lipinski definition) is 1. The predicted molar refractivity (Wildman–Crippen MR) is 56.8 cm³/mol. The van der Waals surface area contributed by atoms with Crippen LogP contribution < -0.4 is 9.71 Å².